The van der Waals surface area contributed by atoms with Crippen molar-refractivity contribution >= 4 is 17.4 Å². The zero-order valence-electron chi connectivity index (χ0n) is 21.4. The largest absolute Gasteiger partial charge is 0.507 e. The molecule has 1 amide bonds. The van der Waals surface area contributed by atoms with Crippen LogP contribution in [0.5, 0.6) is 17.2 Å². The summed E-state index contributed by atoms with van der Waals surface area (Å²) < 4.78 is 22.4. The fraction of sp³-hybridized carbons (Fsp3) is 0.429. The predicted octanol–water partition coefficient (Wildman–Crippen LogP) is 2.78. The van der Waals surface area contributed by atoms with Crippen LogP contribution < -0.4 is 14.2 Å². The van der Waals surface area contributed by atoms with Crippen LogP contribution in [0.4, 0.5) is 0 Å². The highest BCUT2D eigenvalue weighted by Crippen LogP contribution is 2.45. The van der Waals surface area contributed by atoms with Crippen molar-refractivity contribution in [2.24, 2.45) is 0 Å². The van der Waals surface area contributed by atoms with Gasteiger partial charge in [0.15, 0.2) is 11.5 Å². The molecule has 2 fully saturated rings. The van der Waals surface area contributed by atoms with Crippen molar-refractivity contribution in [3.63, 3.8) is 0 Å². The Morgan fingerprint density at radius 2 is 1.86 bits per heavy atom. The Kier molecular flexibility index (Phi) is 7.08. The molecule has 2 aromatic carbocycles. The summed E-state index contributed by atoms with van der Waals surface area (Å²) in [4.78, 5) is 30.6. The van der Waals surface area contributed by atoms with E-state index in [1.54, 1.807) is 30.3 Å². The second-order valence-corrected chi connectivity index (χ2v) is 9.48. The summed E-state index contributed by atoms with van der Waals surface area (Å²) in [5.41, 5.74) is 2.02. The van der Waals surface area contributed by atoms with Crippen LogP contribution in [0.3, 0.4) is 0 Å². The second kappa shape index (κ2) is 10.4. The van der Waals surface area contributed by atoms with Crippen LogP contribution in [0.25, 0.3) is 5.76 Å². The summed E-state index contributed by atoms with van der Waals surface area (Å²) in [6, 6.07) is 9.84. The van der Waals surface area contributed by atoms with E-state index in [0.29, 0.717) is 55.4 Å². The minimum absolute atomic E-state index is 0.0328. The molecule has 0 saturated carbocycles. The van der Waals surface area contributed by atoms with Crippen LogP contribution in [-0.2, 0) is 20.7 Å². The lowest BCUT2D eigenvalue weighted by Crippen LogP contribution is -2.42. The number of likely N-dealkylation sites (tertiary alicyclic amines) is 1. The highest BCUT2D eigenvalue weighted by molar-refractivity contribution is 6.46. The maximum atomic E-state index is 13.5. The lowest BCUT2D eigenvalue weighted by atomic mass is 9.93. The minimum Gasteiger partial charge on any atom is -0.507 e. The quantitative estimate of drug-likeness (QED) is 0.347. The average Bonchev–Trinajstić information content (AvgIpc) is 3.42. The number of fused-ring (bicyclic) bond motifs is 1. The third-order valence-electron chi connectivity index (χ3n) is 7.20. The number of ether oxygens (including phenoxy) is 4. The maximum Gasteiger partial charge on any atom is 0.295 e. The highest BCUT2D eigenvalue weighted by Gasteiger charge is 2.47. The Morgan fingerprint density at radius 3 is 2.59 bits per heavy atom. The number of amides is 1. The first-order valence-corrected chi connectivity index (χ1v) is 12.5. The zero-order valence-corrected chi connectivity index (χ0v) is 21.4. The number of carbonyl (C=O) groups is 2. The van der Waals surface area contributed by atoms with E-state index in [4.69, 9.17) is 18.9 Å². The molecule has 9 nitrogen and oxygen atoms in total. The van der Waals surface area contributed by atoms with E-state index in [9.17, 15) is 14.7 Å². The molecule has 9 heteroatoms. The molecule has 0 radical (unpaired) electrons. The van der Waals surface area contributed by atoms with Crippen LogP contribution in [0.15, 0.2) is 42.0 Å². The summed E-state index contributed by atoms with van der Waals surface area (Å²) in [5.74, 6) is 0.0607. The first-order chi connectivity index (χ1) is 17.9. The molecule has 2 aromatic rings. The predicted molar refractivity (Wildman–Crippen MR) is 136 cm³/mol. The van der Waals surface area contributed by atoms with Gasteiger partial charge in [0, 0.05) is 43.7 Å². The van der Waals surface area contributed by atoms with E-state index >= 15 is 0 Å². The van der Waals surface area contributed by atoms with Gasteiger partial charge in [-0.25, -0.2) is 0 Å². The number of aliphatic hydroxyl groups excluding tert-OH is 1. The van der Waals surface area contributed by atoms with E-state index < -0.39 is 17.7 Å². The number of rotatable bonds is 7. The van der Waals surface area contributed by atoms with Crippen molar-refractivity contribution in [3.8, 4) is 17.2 Å². The molecule has 2 atom stereocenters. The van der Waals surface area contributed by atoms with Crippen LogP contribution in [0, 0.1) is 0 Å². The van der Waals surface area contributed by atoms with Crippen LogP contribution >= 0.6 is 0 Å². The van der Waals surface area contributed by atoms with Crippen molar-refractivity contribution in [1.29, 1.82) is 0 Å². The number of ketones is 1. The Hall–Kier alpha value is -3.56. The van der Waals surface area contributed by atoms with Gasteiger partial charge in [-0.05, 0) is 36.8 Å². The molecular formula is C28H32N2O7. The Morgan fingerprint density at radius 1 is 1.08 bits per heavy atom. The van der Waals surface area contributed by atoms with E-state index in [-0.39, 0.29) is 17.4 Å². The van der Waals surface area contributed by atoms with Gasteiger partial charge in [-0.1, -0.05) is 12.1 Å². The SMILES string of the molecule is COc1cccc(C2/C(=C(/O)c3ccc4c(c3)CC(C)O4)C(=O)C(=O)N2CCN2CCOCC2)c1OC. The van der Waals surface area contributed by atoms with Crippen LogP contribution in [0.1, 0.15) is 29.7 Å². The standard InChI is InChI=1S/C28H32N2O7/c1-17-15-19-16-18(7-8-21(19)37-17)25(31)23-24(20-5-4-6-22(34-2)27(20)35-3)30(28(33)26(23)32)10-9-29-11-13-36-14-12-29/h4-8,16-17,24,31H,9-15H2,1-3H3/b25-23-. The number of aliphatic hydroxyl groups is 1. The topological polar surface area (TPSA) is 97.8 Å². The molecule has 0 aromatic heterocycles. The zero-order chi connectivity index (χ0) is 26.1. The first kappa shape index (κ1) is 25.1. The lowest BCUT2D eigenvalue weighted by molar-refractivity contribution is -0.140. The summed E-state index contributed by atoms with van der Waals surface area (Å²) in [6.07, 6.45) is 0.747. The van der Waals surface area contributed by atoms with Gasteiger partial charge in [-0.15, -0.1) is 0 Å². The fourth-order valence-electron chi connectivity index (χ4n) is 5.36. The summed E-state index contributed by atoms with van der Waals surface area (Å²) in [6.45, 7) is 5.64. The van der Waals surface area contributed by atoms with E-state index in [1.165, 1.54) is 19.1 Å². The molecule has 3 heterocycles. The molecule has 5 rings (SSSR count). The molecule has 2 saturated heterocycles. The summed E-state index contributed by atoms with van der Waals surface area (Å²) in [5, 5.41) is 11.5. The monoisotopic (exact) mass is 508 g/mol. The van der Waals surface area contributed by atoms with Gasteiger partial charge in [-0.2, -0.15) is 0 Å². The van der Waals surface area contributed by atoms with Gasteiger partial charge >= 0.3 is 0 Å². The highest BCUT2D eigenvalue weighted by atomic mass is 16.5. The number of para-hydroxylation sites is 1. The van der Waals surface area contributed by atoms with Crippen molar-refractivity contribution < 1.29 is 33.6 Å². The number of carbonyl (C=O) groups excluding carboxylic acids is 2. The molecule has 37 heavy (non-hydrogen) atoms. The molecule has 2 unspecified atom stereocenters. The number of benzene rings is 2. The second-order valence-electron chi connectivity index (χ2n) is 9.48. The lowest BCUT2D eigenvalue weighted by Gasteiger charge is -2.31. The summed E-state index contributed by atoms with van der Waals surface area (Å²) in [7, 11) is 3.05. The van der Waals surface area contributed by atoms with Gasteiger partial charge in [0.2, 0.25) is 0 Å². The fourth-order valence-corrected chi connectivity index (χ4v) is 5.36. The number of morpholine rings is 1. The molecule has 0 bridgehead atoms. The first-order valence-electron chi connectivity index (χ1n) is 12.5. The van der Waals surface area contributed by atoms with E-state index in [2.05, 4.69) is 4.90 Å². The number of hydrogen-bond donors (Lipinski definition) is 1. The number of Topliss-reactive ketones (excluding diaryl/α,β-unsaturated/α-hetero) is 1. The number of hydrogen-bond acceptors (Lipinski definition) is 8. The molecule has 3 aliphatic heterocycles. The van der Waals surface area contributed by atoms with Crippen LogP contribution in [0.2, 0.25) is 0 Å². The third-order valence-corrected chi connectivity index (χ3v) is 7.20. The van der Waals surface area contributed by atoms with Crippen LogP contribution in [-0.4, -0.2) is 86.3 Å². The molecule has 3 aliphatic rings. The Labute approximate surface area is 216 Å². The van der Waals surface area contributed by atoms with Crippen molar-refractivity contribution in [3.05, 3.63) is 58.7 Å². The average molecular weight is 509 g/mol. The van der Waals surface area contributed by atoms with Crippen molar-refractivity contribution in [2.75, 3.05) is 53.6 Å². The maximum absolute atomic E-state index is 13.5. The molecule has 0 spiro atoms. The minimum atomic E-state index is -0.838. The van der Waals surface area contributed by atoms with E-state index in [1.807, 2.05) is 13.0 Å². The number of nitrogens with zero attached hydrogens (tertiary/aromatic N) is 2. The van der Waals surface area contributed by atoms with Gasteiger partial charge < -0.3 is 29.0 Å². The van der Waals surface area contributed by atoms with Gasteiger partial charge in [-0.3, -0.25) is 14.5 Å². The summed E-state index contributed by atoms with van der Waals surface area (Å²) >= 11 is 0. The molecule has 0 aliphatic carbocycles. The van der Waals surface area contributed by atoms with Crippen molar-refractivity contribution in [1.82, 2.24) is 9.80 Å². The third kappa shape index (κ3) is 4.65. The van der Waals surface area contributed by atoms with Gasteiger partial charge in [0.25, 0.3) is 11.7 Å². The molecule has 196 valence electrons. The van der Waals surface area contributed by atoms with Crippen molar-refractivity contribution in [2.45, 2.75) is 25.5 Å². The smallest absolute Gasteiger partial charge is 0.295 e. The Balaban J connectivity index is 1.60. The molecule has 1 N–H and O–H groups in total. The van der Waals surface area contributed by atoms with Gasteiger partial charge in [0.1, 0.15) is 17.6 Å². The Bertz CT molecular complexity index is 1240. The van der Waals surface area contributed by atoms with Gasteiger partial charge in [0.05, 0.1) is 39.0 Å². The van der Waals surface area contributed by atoms with E-state index in [0.717, 1.165) is 24.4 Å². The normalized spacial score (nSPS) is 23.2. The number of methoxy groups -OCH3 is 2. The molecular weight excluding hydrogens is 476 g/mol.